The molecule has 0 bridgehead atoms. The fourth-order valence-electron chi connectivity index (χ4n) is 1.77. The summed E-state index contributed by atoms with van der Waals surface area (Å²) in [5, 5.41) is 12.1. The molecule has 2 rings (SSSR count). The molecule has 4 heteroatoms. The van der Waals surface area contributed by atoms with E-state index >= 15 is 0 Å². The average Bonchev–Trinajstić information content (AvgIpc) is 2.48. The van der Waals surface area contributed by atoms with Crippen LogP contribution >= 0.6 is 11.6 Å². The average molecular weight is 300 g/mol. The molecule has 0 radical (unpaired) electrons. The third-order valence-electron chi connectivity index (χ3n) is 2.71. The number of aliphatic hydroxyl groups excluding tert-OH is 1. The lowest BCUT2D eigenvalue weighted by atomic mass is 10.1. The fourth-order valence-corrected chi connectivity index (χ4v) is 1.96. The van der Waals surface area contributed by atoms with Gasteiger partial charge in [0.2, 0.25) is 0 Å². The predicted molar refractivity (Wildman–Crippen MR) is 84.4 cm³/mol. The van der Waals surface area contributed by atoms with Crippen LogP contribution in [0.1, 0.15) is 22.3 Å². The summed E-state index contributed by atoms with van der Waals surface area (Å²) >= 11 is 5.89. The summed E-state index contributed by atoms with van der Waals surface area (Å²) in [6.45, 7) is 0.00385. The van der Waals surface area contributed by atoms with Crippen molar-refractivity contribution in [2.45, 2.75) is 6.42 Å². The smallest absolute Gasteiger partial charge is 0.256 e. The first-order valence-electron chi connectivity index (χ1n) is 6.46. The Hall–Kier alpha value is -2.28. The zero-order chi connectivity index (χ0) is 15.1. The quantitative estimate of drug-likeness (QED) is 0.854. The number of hydrogen-bond acceptors (Lipinski definition) is 2. The highest BCUT2D eigenvalue weighted by molar-refractivity contribution is 6.31. The van der Waals surface area contributed by atoms with Gasteiger partial charge in [-0.05, 0) is 30.3 Å². The number of benzene rings is 2. The molecule has 0 saturated heterocycles. The van der Waals surface area contributed by atoms with Crippen molar-refractivity contribution in [1.82, 2.24) is 0 Å². The van der Waals surface area contributed by atoms with Crippen LogP contribution in [0.3, 0.4) is 0 Å². The summed E-state index contributed by atoms with van der Waals surface area (Å²) in [6.07, 6.45) is 0.379. The van der Waals surface area contributed by atoms with E-state index in [1.54, 1.807) is 42.5 Å². The Kier molecular flexibility index (Phi) is 5.39. The highest BCUT2D eigenvalue weighted by atomic mass is 35.5. The Labute approximate surface area is 128 Å². The molecule has 3 nitrogen and oxygen atoms in total. The molecule has 0 fully saturated rings. The van der Waals surface area contributed by atoms with Crippen LogP contribution in [0.2, 0.25) is 5.02 Å². The molecule has 0 unspecified atom stereocenters. The lowest BCUT2D eigenvalue weighted by Gasteiger charge is -2.07. The first-order valence-corrected chi connectivity index (χ1v) is 6.84. The highest BCUT2D eigenvalue weighted by Gasteiger charge is 2.09. The molecule has 0 aliphatic heterocycles. The second-order valence-corrected chi connectivity index (χ2v) is 4.72. The minimum atomic E-state index is -0.244. The van der Waals surface area contributed by atoms with Crippen LogP contribution in [0.4, 0.5) is 5.69 Å². The van der Waals surface area contributed by atoms with Gasteiger partial charge in [-0.2, -0.15) is 0 Å². The first kappa shape index (κ1) is 15.1. The zero-order valence-corrected chi connectivity index (χ0v) is 12.0. The molecule has 0 heterocycles. The van der Waals surface area contributed by atoms with Gasteiger partial charge in [0.15, 0.2) is 0 Å². The molecule has 0 aliphatic carbocycles. The van der Waals surface area contributed by atoms with Crippen LogP contribution in [0.25, 0.3) is 0 Å². The molecule has 0 aromatic heterocycles. The summed E-state index contributed by atoms with van der Waals surface area (Å²) in [7, 11) is 0. The summed E-state index contributed by atoms with van der Waals surface area (Å²) in [4.78, 5) is 12.3. The minimum absolute atomic E-state index is 0.00385. The normalized spacial score (nSPS) is 9.62. The molecule has 106 valence electrons. The summed E-state index contributed by atoms with van der Waals surface area (Å²) < 4.78 is 0. The van der Waals surface area contributed by atoms with Gasteiger partial charge < -0.3 is 10.4 Å². The number of halogens is 1. The lowest BCUT2D eigenvalue weighted by molar-refractivity contribution is 0.102. The summed E-state index contributed by atoms with van der Waals surface area (Å²) in [5.74, 6) is 5.47. The third kappa shape index (κ3) is 4.35. The molecule has 2 N–H and O–H groups in total. The fraction of sp³-hybridized carbons (Fsp3) is 0.118. The predicted octanol–water partition coefficient (Wildman–Crippen LogP) is 3.33. The number of hydrogen-bond donors (Lipinski definition) is 2. The molecule has 2 aromatic carbocycles. The number of amides is 1. The second kappa shape index (κ2) is 7.49. The molecular formula is C17H14ClNO2. The maximum absolute atomic E-state index is 12.3. The number of carbonyl (C=O) groups excluding carboxylic acids is 1. The highest BCUT2D eigenvalue weighted by Crippen LogP contribution is 2.17. The van der Waals surface area contributed by atoms with Crippen LogP contribution in [-0.2, 0) is 0 Å². The monoisotopic (exact) mass is 299 g/mol. The maximum Gasteiger partial charge on any atom is 0.256 e. The molecule has 0 atom stereocenters. The van der Waals surface area contributed by atoms with E-state index in [9.17, 15) is 4.79 Å². The SMILES string of the molecule is O=C(Nc1cccc(Cl)c1)c1ccccc1C#CCCO. The molecule has 21 heavy (non-hydrogen) atoms. The van der Waals surface area contributed by atoms with E-state index in [0.29, 0.717) is 28.3 Å². The van der Waals surface area contributed by atoms with Gasteiger partial charge in [-0.1, -0.05) is 41.6 Å². The van der Waals surface area contributed by atoms with E-state index < -0.39 is 0 Å². The Balaban J connectivity index is 2.22. The van der Waals surface area contributed by atoms with Crippen LogP contribution in [-0.4, -0.2) is 17.6 Å². The number of rotatable bonds is 3. The van der Waals surface area contributed by atoms with Crippen molar-refractivity contribution >= 4 is 23.2 Å². The van der Waals surface area contributed by atoms with Crippen molar-refractivity contribution in [3.63, 3.8) is 0 Å². The standard InChI is InChI=1S/C17H14ClNO2/c18-14-8-5-9-15(12-14)19-17(21)16-10-2-1-6-13(16)7-3-4-11-20/h1-2,5-6,8-10,12,20H,4,11H2,(H,19,21). The summed E-state index contributed by atoms with van der Waals surface area (Å²) in [5.41, 5.74) is 1.75. The number of nitrogens with one attached hydrogen (secondary N) is 1. The van der Waals surface area contributed by atoms with Crippen LogP contribution in [0, 0.1) is 11.8 Å². The van der Waals surface area contributed by atoms with Gasteiger partial charge in [0.05, 0.1) is 12.2 Å². The second-order valence-electron chi connectivity index (χ2n) is 4.29. The van der Waals surface area contributed by atoms with Gasteiger partial charge in [0.25, 0.3) is 5.91 Å². The van der Waals surface area contributed by atoms with Crippen LogP contribution in [0.15, 0.2) is 48.5 Å². The Morgan fingerprint density at radius 3 is 2.76 bits per heavy atom. The third-order valence-corrected chi connectivity index (χ3v) is 2.95. The Morgan fingerprint density at radius 2 is 2.00 bits per heavy atom. The molecule has 2 aromatic rings. The number of aliphatic hydroxyl groups is 1. The van der Waals surface area contributed by atoms with Gasteiger partial charge in [-0.25, -0.2) is 0 Å². The van der Waals surface area contributed by atoms with E-state index in [1.165, 1.54) is 0 Å². The van der Waals surface area contributed by atoms with Crippen molar-refractivity contribution in [3.05, 3.63) is 64.7 Å². The lowest BCUT2D eigenvalue weighted by Crippen LogP contribution is -2.13. The van der Waals surface area contributed by atoms with Gasteiger partial charge in [-0.15, -0.1) is 0 Å². The van der Waals surface area contributed by atoms with E-state index in [-0.39, 0.29) is 12.5 Å². The van der Waals surface area contributed by atoms with Gasteiger partial charge in [-0.3, -0.25) is 4.79 Å². The van der Waals surface area contributed by atoms with Crippen molar-refractivity contribution in [1.29, 1.82) is 0 Å². The van der Waals surface area contributed by atoms with Crippen LogP contribution < -0.4 is 5.32 Å². The summed E-state index contributed by atoms with van der Waals surface area (Å²) in [6, 6.07) is 14.0. The molecule has 0 saturated carbocycles. The zero-order valence-electron chi connectivity index (χ0n) is 11.3. The van der Waals surface area contributed by atoms with Crippen molar-refractivity contribution < 1.29 is 9.90 Å². The largest absolute Gasteiger partial charge is 0.395 e. The molecule has 1 amide bonds. The van der Waals surface area contributed by atoms with Crippen molar-refractivity contribution in [3.8, 4) is 11.8 Å². The molecular weight excluding hydrogens is 286 g/mol. The van der Waals surface area contributed by atoms with Gasteiger partial charge >= 0.3 is 0 Å². The van der Waals surface area contributed by atoms with E-state index in [4.69, 9.17) is 16.7 Å². The van der Waals surface area contributed by atoms with Gasteiger partial charge in [0, 0.05) is 22.7 Å². The first-order chi connectivity index (χ1) is 10.2. The van der Waals surface area contributed by atoms with Gasteiger partial charge in [0.1, 0.15) is 0 Å². The van der Waals surface area contributed by atoms with Crippen LogP contribution in [0.5, 0.6) is 0 Å². The van der Waals surface area contributed by atoms with E-state index in [1.807, 2.05) is 6.07 Å². The minimum Gasteiger partial charge on any atom is -0.395 e. The Bertz CT molecular complexity index is 701. The van der Waals surface area contributed by atoms with Crippen molar-refractivity contribution in [2.75, 3.05) is 11.9 Å². The topological polar surface area (TPSA) is 49.3 Å². The number of anilines is 1. The number of carbonyl (C=O) groups is 1. The van der Waals surface area contributed by atoms with Crippen molar-refractivity contribution in [2.24, 2.45) is 0 Å². The van der Waals surface area contributed by atoms with E-state index in [0.717, 1.165) is 0 Å². The van der Waals surface area contributed by atoms with E-state index in [2.05, 4.69) is 17.2 Å². The molecule has 0 aliphatic rings. The maximum atomic E-state index is 12.3. The Morgan fingerprint density at radius 1 is 1.19 bits per heavy atom. The molecule has 0 spiro atoms.